The van der Waals surface area contributed by atoms with Gasteiger partial charge in [-0.3, -0.25) is 4.90 Å². The number of rotatable bonds is 5. The van der Waals surface area contributed by atoms with Gasteiger partial charge in [-0.1, -0.05) is 20.8 Å². The number of likely N-dealkylation sites (N-methyl/N-ethyl adjacent to an activating group) is 1. The largest absolute Gasteiger partial charge is 0.378 e. The summed E-state index contributed by atoms with van der Waals surface area (Å²) in [7, 11) is 2.31. The summed E-state index contributed by atoms with van der Waals surface area (Å²) in [6.07, 6.45) is 5.09. The second-order valence-electron chi connectivity index (χ2n) is 7.31. The van der Waals surface area contributed by atoms with Crippen molar-refractivity contribution in [3.05, 3.63) is 0 Å². The van der Waals surface area contributed by atoms with Crippen LogP contribution in [0.25, 0.3) is 0 Å². The molecule has 2 aliphatic heterocycles. The average molecular weight is 297 g/mol. The molecule has 2 unspecified atom stereocenters. The Kier molecular flexibility index (Phi) is 6.06. The predicted molar refractivity (Wildman–Crippen MR) is 88.5 cm³/mol. The van der Waals surface area contributed by atoms with E-state index in [1.807, 2.05) is 0 Å². The Morgan fingerprint density at radius 1 is 1.33 bits per heavy atom. The maximum Gasteiger partial charge on any atom is 0.0616 e. The van der Waals surface area contributed by atoms with Crippen molar-refractivity contribution in [1.29, 1.82) is 0 Å². The maximum atomic E-state index is 6.25. The third kappa shape index (κ3) is 3.79. The van der Waals surface area contributed by atoms with Crippen LogP contribution in [0, 0.1) is 5.92 Å². The molecule has 0 bridgehead atoms. The molecule has 124 valence electrons. The van der Waals surface area contributed by atoms with Crippen LogP contribution in [0.4, 0.5) is 0 Å². The van der Waals surface area contributed by atoms with Gasteiger partial charge in [0.1, 0.15) is 0 Å². The van der Waals surface area contributed by atoms with Gasteiger partial charge >= 0.3 is 0 Å². The molecule has 2 fully saturated rings. The lowest BCUT2D eigenvalue weighted by molar-refractivity contribution is -0.0955. The molecule has 2 rings (SSSR count). The second kappa shape index (κ2) is 7.40. The van der Waals surface area contributed by atoms with E-state index in [-0.39, 0.29) is 5.54 Å². The molecule has 2 aliphatic rings. The lowest BCUT2D eigenvalue weighted by Crippen LogP contribution is -2.61. The Morgan fingerprint density at radius 3 is 2.52 bits per heavy atom. The number of piperidine rings is 1. The third-order valence-electron chi connectivity index (χ3n) is 5.90. The van der Waals surface area contributed by atoms with Crippen LogP contribution in [0.3, 0.4) is 0 Å². The minimum atomic E-state index is 0.145. The zero-order chi connectivity index (χ0) is 15.5. The molecule has 2 atom stereocenters. The summed E-state index contributed by atoms with van der Waals surface area (Å²) >= 11 is 0. The number of nitrogens with two attached hydrogens (primary N) is 1. The number of hydrogen-bond donors (Lipinski definition) is 1. The first-order valence-corrected chi connectivity index (χ1v) is 8.79. The minimum Gasteiger partial charge on any atom is -0.378 e. The van der Waals surface area contributed by atoms with Crippen LogP contribution in [0.2, 0.25) is 0 Å². The summed E-state index contributed by atoms with van der Waals surface area (Å²) in [4.78, 5) is 5.18. The normalized spacial score (nSPS) is 33.0. The quantitative estimate of drug-likeness (QED) is 0.842. The van der Waals surface area contributed by atoms with E-state index in [1.165, 1.54) is 32.5 Å². The SMILES string of the molecule is CCN1CCC(N(C)C2(CN)CCOC(C(C)C)C2)CC1. The molecule has 0 aromatic rings. The highest BCUT2D eigenvalue weighted by Gasteiger charge is 2.42. The van der Waals surface area contributed by atoms with Crippen LogP contribution < -0.4 is 5.73 Å². The minimum absolute atomic E-state index is 0.145. The lowest BCUT2D eigenvalue weighted by atomic mass is 9.80. The lowest BCUT2D eigenvalue weighted by Gasteiger charge is -2.51. The molecular weight excluding hydrogens is 262 g/mol. The van der Waals surface area contributed by atoms with E-state index in [0.29, 0.717) is 18.1 Å². The van der Waals surface area contributed by atoms with Crippen LogP contribution in [0.5, 0.6) is 0 Å². The van der Waals surface area contributed by atoms with E-state index < -0.39 is 0 Å². The number of nitrogens with zero attached hydrogens (tertiary/aromatic N) is 2. The van der Waals surface area contributed by atoms with Crippen LogP contribution >= 0.6 is 0 Å². The highest BCUT2D eigenvalue weighted by molar-refractivity contribution is 4.99. The van der Waals surface area contributed by atoms with E-state index in [2.05, 4.69) is 37.6 Å². The molecule has 0 aliphatic carbocycles. The van der Waals surface area contributed by atoms with E-state index in [1.54, 1.807) is 0 Å². The number of hydrogen-bond acceptors (Lipinski definition) is 4. The molecule has 0 spiro atoms. The zero-order valence-electron chi connectivity index (χ0n) is 14.5. The van der Waals surface area contributed by atoms with E-state index in [0.717, 1.165) is 26.0 Å². The summed E-state index contributed by atoms with van der Waals surface area (Å²) in [5, 5.41) is 0. The fourth-order valence-electron chi connectivity index (χ4n) is 4.02. The van der Waals surface area contributed by atoms with E-state index >= 15 is 0 Å². The van der Waals surface area contributed by atoms with E-state index in [9.17, 15) is 0 Å². The first kappa shape index (κ1) is 17.2. The molecule has 21 heavy (non-hydrogen) atoms. The molecule has 4 heteroatoms. The molecule has 2 saturated heterocycles. The summed E-state index contributed by atoms with van der Waals surface area (Å²) < 4.78 is 5.98. The predicted octanol–water partition coefficient (Wildman–Crippen LogP) is 1.94. The van der Waals surface area contributed by atoms with Gasteiger partial charge < -0.3 is 15.4 Å². The van der Waals surface area contributed by atoms with Gasteiger partial charge in [-0.05, 0) is 58.3 Å². The molecule has 0 saturated carbocycles. The Bertz CT molecular complexity index is 315. The summed E-state index contributed by atoms with van der Waals surface area (Å²) in [6, 6.07) is 0.683. The number of likely N-dealkylation sites (tertiary alicyclic amines) is 1. The van der Waals surface area contributed by atoms with Gasteiger partial charge in [-0.2, -0.15) is 0 Å². The molecule has 0 aromatic heterocycles. The highest BCUT2D eigenvalue weighted by atomic mass is 16.5. The van der Waals surface area contributed by atoms with Gasteiger partial charge in [0.2, 0.25) is 0 Å². The summed E-state index contributed by atoms with van der Waals surface area (Å²) in [5.41, 5.74) is 6.40. The van der Waals surface area contributed by atoms with Crippen molar-refractivity contribution >= 4 is 0 Å². The van der Waals surface area contributed by atoms with Gasteiger partial charge in [0.15, 0.2) is 0 Å². The van der Waals surface area contributed by atoms with E-state index in [4.69, 9.17) is 10.5 Å². The molecule has 2 N–H and O–H groups in total. The molecular formula is C17H35N3O. The van der Waals surface area contributed by atoms with Crippen LogP contribution in [0.1, 0.15) is 46.5 Å². The number of ether oxygens (including phenoxy) is 1. The Morgan fingerprint density at radius 2 is 2.00 bits per heavy atom. The fraction of sp³-hybridized carbons (Fsp3) is 1.00. The molecule has 0 amide bonds. The van der Waals surface area contributed by atoms with Gasteiger partial charge in [-0.15, -0.1) is 0 Å². The Labute approximate surface area is 131 Å². The first-order chi connectivity index (χ1) is 10.0. The highest BCUT2D eigenvalue weighted by Crippen LogP contribution is 2.35. The molecule has 0 aromatic carbocycles. The van der Waals surface area contributed by atoms with Crippen LogP contribution in [-0.4, -0.2) is 67.3 Å². The first-order valence-electron chi connectivity index (χ1n) is 8.79. The average Bonchev–Trinajstić information content (AvgIpc) is 2.54. The van der Waals surface area contributed by atoms with Crippen molar-refractivity contribution in [2.24, 2.45) is 11.7 Å². The zero-order valence-corrected chi connectivity index (χ0v) is 14.5. The van der Waals surface area contributed by atoms with Crippen molar-refractivity contribution in [1.82, 2.24) is 9.80 Å². The van der Waals surface area contributed by atoms with Gasteiger partial charge in [-0.25, -0.2) is 0 Å². The summed E-state index contributed by atoms with van der Waals surface area (Å²) in [6.45, 7) is 12.0. The Balaban J connectivity index is 2.02. The van der Waals surface area contributed by atoms with Crippen LogP contribution in [0.15, 0.2) is 0 Å². The smallest absolute Gasteiger partial charge is 0.0616 e. The summed E-state index contributed by atoms with van der Waals surface area (Å²) in [5.74, 6) is 0.576. The standard InChI is InChI=1S/C17H35N3O/c1-5-20-9-6-15(7-10-20)19(4)17(13-18)8-11-21-16(12-17)14(2)3/h14-16H,5-13,18H2,1-4H3. The van der Waals surface area contributed by atoms with Crippen molar-refractivity contribution in [3.63, 3.8) is 0 Å². The van der Waals surface area contributed by atoms with Crippen molar-refractivity contribution in [3.8, 4) is 0 Å². The van der Waals surface area contributed by atoms with Crippen molar-refractivity contribution in [2.45, 2.75) is 64.1 Å². The van der Waals surface area contributed by atoms with Crippen molar-refractivity contribution < 1.29 is 4.74 Å². The molecule has 0 radical (unpaired) electrons. The second-order valence-corrected chi connectivity index (χ2v) is 7.31. The third-order valence-corrected chi connectivity index (χ3v) is 5.90. The molecule has 2 heterocycles. The molecule has 4 nitrogen and oxygen atoms in total. The van der Waals surface area contributed by atoms with Gasteiger partial charge in [0.05, 0.1) is 6.10 Å². The fourth-order valence-corrected chi connectivity index (χ4v) is 4.02. The van der Waals surface area contributed by atoms with Gasteiger partial charge in [0.25, 0.3) is 0 Å². The topological polar surface area (TPSA) is 41.7 Å². The van der Waals surface area contributed by atoms with Crippen LogP contribution in [-0.2, 0) is 4.74 Å². The van der Waals surface area contributed by atoms with Crippen molar-refractivity contribution in [2.75, 3.05) is 39.8 Å². The van der Waals surface area contributed by atoms with Gasteiger partial charge in [0, 0.05) is 24.7 Å². The monoisotopic (exact) mass is 297 g/mol. The maximum absolute atomic E-state index is 6.25. The Hall–Kier alpha value is -0.160.